The van der Waals surface area contributed by atoms with Gasteiger partial charge in [-0.1, -0.05) is 12.8 Å². The number of nitrogens with one attached hydrogen (secondary N) is 3. The molecule has 0 spiro atoms. The number of urea groups is 1. The van der Waals surface area contributed by atoms with E-state index in [4.69, 9.17) is 17.3 Å². The molecular weight excluding hydrogens is 360 g/mol. The van der Waals surface area contributed by atoms with Gasteiger partial charge in [0.05, 0.1) is 6.34 Å². The summed E-state index contributed by atoms with van der Waals surface area (Å²) in [4.78, 5) is 28.9. The number of aliphatic imine (C=N–C) groups is 1. The van der Waals surface area contributed by atoms with Crippen LogP contribution in [0.15, 0.2) is 4.99 Å². The van der Waals surface area contributed by atoms with Gasteiger partial charge in [-0.3, -0.25) is 9.79 Å². The Morgan fingerprint density at radius 3 is 2.46 bits per heavy atom. The maximum atomic E-state index is 12.0. The van der Waals surface area contributed by atoms with E-state index in [0.717, 1.165) is 64.6 Å². The van der Waals surface area contributed by atoms with Crippen LogP contribution in [0.2, 0.25) is 0 Å². The molecule has 0 aliphatic heterocycles. The third-order valence-electron chi connectivity index (χ3n) is 4.16. The first-order valence-electron chi connectivity index (χ1n) is 10.2. The van der Waals surface area contributed by atoms with Gasteiger partial charge in [0.1, 0.15) is 6.54 Å². The van der Waals surface area contributed by atoms with Gasteiger partial charge in [0, 0.05) is 25.7 Å². The summed E-state index contributed by atoms with van der Waals surface area (Å²) in [6.45, 7) is 5.56. The highest BCUT2D eigenvalue weighted by Gasteiger charge is 2.13. The summed E-state index contributed by atoms with van der Waals surface area (Å²) >= 11 is 0. The summed E-state index contributed by atoms with van der Waals surface area (Å²) < 4.78 is 0. The van der Waals surface area contributed by atoms with Crippen LogP contribution in [-0.4, -0.2) is 68.5 Å². The van der Waals surface area contributed by atoms with Crippen LogP contribution >= 0.6 is 0 Å². The van der Waals surface area contributed by atoms with Crippen LogP contribution in [0.4, 0.5) is 4.79 Å². The topological polar surface area (TPSA) is 164 Å². The van der Waals surface area contributed by atoms with Gasteiger partial charge in [-0.2, -0.15) is 0 Å². The molecule has 9 N–H and O–H groups in total. The van der Waals surface area contributed by atoms with Gasteiger partial charge >= 0.3 is 6.03 Å². The average molecular weight is 401 g/mol. The smallest absolute Gasteiger partial charge is 0.315 e. The number of hydrazine groups is 1. The van der Waals surface area contributed by atoms with Crippen LogP contribution in [0.1, 0.15) is 51.9 Å². The molecule has 0 heterocycles. The molecule has 0 radical (unpaired) electrons. The Morgan fingerprint density at radius 1 is 1.07 bits per heavy atom. The number of nitrogens with two attached hydrogens (primary N) is 3. The fraction of sp³-hybridized carbons (Fsp3) is 0.833. The molecule has 0 fully saturated rings. The van der Waals surface area contributed by atoms with E-state index in [1.165, 1.54) is 11.2 Å². The predicted molar refractivity (Wildman–Crippen MR) is 114 cm³/mol. The SMILES string of the molecule is CC(N)CCNCCCCN(CC(=O)NCCCCCCN=CNN)C(N)=O. The summed E-state index contributed by atoms with van der Waals surface area (Å²) in [5.74, 6) is 4.90. The van der Waals surface area contributed by atoms with Crippen LogP contribution in [0.25, 0.3) is 0 Å². The largest absolute Gasteiger partial charge is 0.355 e. The zero-order valence-electron chi connectivity index (χ0n) is 17.3. The molecule has 0 aromatic heterocycles. The number of rotatable bonds is 18. The molecule has 0 aliphatic carbocycles. The lowest BCUT2D eigenvalue weighted by molar-refractivity contribution is -0.121. The van der Waals surface area contributed by atoms with Crippen molar-refractivity contribution in [2.75, 3.05) is 39.3 Å². The molecule has 1 unspecified atom stereocenters. The minimum absolute atomic E-state index is 0.00819. The molecule has 164 valence electrons. The van der Waals surface area contributed by atoms with E-state index in [-0.39, 0.29) is 18.5 Å². The van der Waals surface area contributed by atoms with Crippen molar-refractivity contribution in [2.24, 2.45) is 22.3 Å². The first-order valence-corrected chi connectivity index (χ1v) is 10.2. The fourth-order valence-corrected chi connectivity index (χ4v) is 2.53. The minimum Gasteiger partial charge on any atom is -0.355 e. The summed E-state index contributed by atoms with van der Waals surface area (Å²) in [7, 11) is 0. The summed E-state index contributed by atoms with van der Waals surface area (Å²) in [6.07, 6.45) is 8.07. The van der Waals surface area contributed by atoms with Crippen molar-refractivity contribution in [3.63, 3.8) is 0 Å². The van der Waals surface area contributed by atoms with Crippen molar-refractivity contribution in [2.45, 2.75) is 57.9 Å². The molecule has 0 aromatic carbocycles. The lowest BCUT2D eigenvalue weighted by Crippen LogP contribution is -2.44. The number of carbonyl (C=O) groups excluding carboxylic acids is 2. The molecule has 28 heavy (non-hydrogen) atoms. The minimum atomic E-state index is -0.562. The molecule has 0 aromatic rings. The maximum Gasteiger partial charge on any atom is 0.315 e. The Morgan fingerprint density at radius 2 is 1.79 bits per heavy atom. The van der Waals surface area contributed by atoms with Gasteiger partial charge in [0.25, 0.3) is 0 Å². The number of amides is 3. The van der Waals surface area contributed by atoms with Gasteiger partial charge in [0.2, 0.25) is 5.91 Å². The highest BCUT2D eigenvalue weighted by molar-refractivity contribution is 5.83. The van der Waals surface area contributed by atoms with E-state index >= 15 is 0 Å². The Kier molecular flexibility index (Phi) is 17.2. The molecular formula is C18H40N8O2. The van der Waals surface area contributed by atoms with Crippen molar-refractivity contribution >= 4 is 18.3 Å². The number of hydrogen-bond donors (Lipinski definition) is 6. The summed E-state index contributed by atoms with van der Waals surface area (Å²) in [5.41, 5.74) is 13.4. The predicted octanol–water partition coefficient (Wildman–Crippen LogP) is -0.358. The van der Waals surface area contributed by atoms with Crippen molar-refractivity contribution in [3.8, 4) is 0 Å². The first kappa shape index (κ1) is 26.1. The Labute approximate surface area is 169 Å². The maximum absolute atomic E-state index is 12.0. The molecule has 10 heteroatoms. The van der Waals surface area contributed by atoms with Crippen molar-refractivity contribution in [1.82, 2.24) is 21.0 Å². The fourth-order valence-electron chi connectivity index (χ4n) is 2.53. The third-order valence-corrected chi connectivity index (χ3v) is 4.16. The zero-order valence-corrected chi connectivity index (χ0v) is 17.3. The second-order valence-corrected chi connectivity index (χ2v) is 6.95. The van der Waals surface area contributed by atoms with Gasteiger partial charge in [-0.25, -0.2) is 10.6 Å². The van der Waals surface area contributed by atoms with Crippen LogP contribution < -0.4 is 33.4 Å². The zero-order chi connectivity index (χ0) is 21.0. The van der Waals surface area contributed by atoms with Crippen molar-refractivity contribution < 1.29 is 9.59 Å². The van der Waals surface area contributed by atoms with E-state index in [0.29, 0.717) is 13.1 Å². The molecule has 0 aliphatic rings. The van der Waals surface area contributed by atoms with Crippen LogP contribution in [-0.2, 0) is 4.79 Å². The summed E-state index contributed by atoms with van der Waals surface area (Å²) in [6, 6.07) is -0.364. The second-order valence-electron chi connectivity index (χ2n) is 6.95. The van der Waals surface area contributed by atoms with E-state index in [1.54, 1.807) is 0 Å². The van der Waals surface area contributed by atoms with E-state index in [1.807, 2.05) is 6.92 Å². The normalized spacial score (nSPS) is 12.1. The van der Waals surface area contributed by atoms with Crippen molar-refractivity contribution in [1.29, 1.82) is 0 Å². The molecule has 10 nitrogen and oxygen atoms in total. The van der Waals surface area contributed by atoms with E-state index in [9.17, 15) is 9.59 Å². The highest BCUT2D eigenvalue weighted by atomic mass is 16.2. The number of unbranched alkanes of at least 4 members (excludes halogenated alkanes) is 4. The standard InChI is InChI=1S/C18H40N8O2/c1-16(19)8-12-22-9-6-7-13-26(18(20)28)14-17(27)24-11-5-3-2-4-10-23-15-25-21/h15-16,22H,2-14,19,21H2,1H3,(H2,20,28)(H,23,25)(H,24,27). The van der Waals surface area contributed by atoms with Gasteiger partial charge in [0.15, 0.2) is 0 Å². The molecule has 1 atom stereocenters. The Hall–Kier alpha value is -1.91. The molecule has 0 saturated carbocycles. The molecule has 3 amide bonds. The molecule has 0 bridgehead atoms. The number of primary amides is 1. The van der Waals surface area contributed by atoms with Crippen LogP contribution in [0.5, 0.6) is 0 Å². The van der Waals surface area contributed by atoms with E-state index < -0.39 is 6.03 Å². The van der Waals surface area contributed by atoms with Crippen LogP contribution in [0, 0.1) is 0 Å². The van der Waals surface area contributed by atoms with Gasteiger partial charge in [-0.15, -0.1) is 0 Å². The number of nitrogens with zero attached hydrogens (tertiary/aromatic N) is 2. The second kappa shape index (κ2) is 18.5. The molecule has 0 saturated heterocycles. The van der Waals surface area contributed by atoms with Gasteiger partial charge in [-0.05, 0) is 52.1 Å². The molecule has 0 rings (SSSR count). The quantitative estimate of drug-likeness (QED) is 0.0605. The average Bonchev–Trinajstić information content (AvgIpc) is 2.64. The Bertz CT molecular complexity index is 432. The van der Waals surface area contributed by atoms with Crippen molar-refractivity contribution in [3.05, 3.63) is 0 Å². The lowest BCUT2D eigenvalue weighted by atomic mass is 10.2. The number of hydrogen-bond acceptors (Lipinski definition) is 6. The summed E-state index contributed by atoms with van der Waals surface area (Å²) in [5, 5.41) is 6.15. The first-order chi connectivity index (χ1) is 13.5. The third kappa shape index (κ3) is 17.5. The van der Waals surface area contributed by atoms with Crippen LogP contribution in [0.3, 0.4) is 0 Å². The van der Waals surface area contributed by atoms with Gasteiger partial charge < -0.3 is 32.4 Å². The highest BCUT2D eigenvalue weighted by Crippen LogP contribution is 1.99. The number of carbonyl (C=O) groups is 2. The lowest BCUT2D eigenvalue weighted by Gasteiger charge is -2.20. The monoisotopic (exact) mass is 400 g/mol. The Balaban J connectivity index is 3.72. The van der Waals surface area contributed by atoms with E-state index in [2.05, 4.69) is 21.1 Å².